The molecule has 1 unspecified atom stereocenters. The maximum Gasteiger partial charge on any atom is 0.143 e. The van der Waals surface area contributed by atoms with E-state index in [1.54, 1.807) is 12.1 Å². The number of nitrogens with one attached hydrogen (secondary N) is 1. The molecule has 0 bridgehead atoms. The molecule has 0 heterocycles. The van der Waals surface area contributed by atoms with Gasteiger partial charge in [-0.15, -0.1) is 0 Å². The zero-order valence-electron chi connectivity index (χ0n) is 11.0. The average molecular weight is 297 g/mol. The van der Waals surface area contributed by atoms with Gasteiger partial charge in [0, 0.05) is 12.1 Å². The first-order chi connectivity index (χ1) is 9.45. The summed E-state index contributed by atoms with van der Waals surface area (Å²) >= 11 is 5.73. The van der Waals surface area contributed by atoms with Crippen molar-refractivity contribution in [2.24, 2.45) is 0 Å². The topological polar surface area (TPSA) is 38.0 Å². The number of anilines is 2. The molecule has 2 aromatic rings. The van der Waals surface area contributed by atoms with Gasteiger partial charge in [0.15, 0.2) is 0 Å². The number of hydrogen-bond donors (Lipinski definition) is 2. The molecule has 20 heavy (non-hydrogen) atoms. The van der Waals surface area contributed by atoms with Crippen LogP contribution in [0.4, 0.5) is 20.2 Å². The summed E-state index contributed by atoms with van der Waals surface area (Å²) in [6, 6.07) is 9.01. The van der Waals surface area contributed by atoms with E-state index in [2.05, 4.69) is 5.32 Å². The first kappa shape index (κ1) is 14.6. The van der Waals surface area contributed by atoms with E-state index >= 15 is 0 Å². The summed E-state index contributed by atoms with van der Waals surface area (Å²) in [5, 5.41) is 3.20. The summed E-state index contributed by atoms with van der Waals surface area (Å²) < 4.78 is 26.0. The van der Waals surface area contributed by atoms with E-state index in [1.165, 1.54) is 24.3 Å². The van der Waals surface area contributed by atoms with E-state index in [9.17, 15) is 8.78 Å². The SMILES string of the molecule is CC(Cc1ccc(F)cc1)Nc1cc(Cl)c(F)cc1N. The lowest BCUT2D eigenvalue weighted by atomic mass is 10.1. The van der Waals surface area contributed by atoms with Gasteiger partial charge < -0.3 is 11.1 Å². The second-order valence-corrected chi connectivity index (χ2v) is 5.14. The Balaban J connectivity index is 2.06. The van der Waals surface area contributed by atoms with Gasteiger partial charge in [0.05, 0.1) is 16.4 Å². The Morgan fingerprint density at radius 2 is 1.85 bits per heavy atom. The molecule has 0 aromatic heterocycles. The van der Waals surface area contributed by atoms with Crippen molar-refractivity contribution in [3.8, 4) is 0 Å². The first-order valence-electron chi connectivity index (χ1n) is 6.21. The summed E-state index contributed by atoms with van der Waals surface area (Å²) in [4.78, 5) is 0. The molecule has 0 spiro atoms. The van der Waals surface area contributed by atoms with Crippen molar-refractivity contribution in [1.29, 1.82) is 0 Å². The number of halogens is 3. The van der Waals surface area contributed by atoms with Crippen LogP contribution in [0.5, 0.6) is 0 Å². The summed E-state index contributed by atoms with van der Waals surface area (Å²) in [5.74, 6) is -0.801. The molecular weight excluding hydrogens is 282 g/mol. The Hall–Kier alpha value is -1.81. The molecule has 0 saturated carbocycles. The lowest BCUT2D eigenvalue weighted by Gasteiger charge is -2.17. The highest BCUT2D eigenvalue weighted by molar-refractivity contribution is 6.31. The summed E-state index contributed by atoms with van der Waals surface area (Å²) in [7, 11) is 0. The molecule has 0 amide bonds. The van der Waals surface area contributed by atoms with Crippen molar-refractivity contribution in [2.75, 3.05) is 11.1 Å². The second-order valence-electron chi connectivity index (χ2n) is 4.73. The van der Waals surface area contributed by atoms with Crippen molar-refractivity contribution < 1.29 is 8.78 Å². The Labute approximate surface area is 121 Å². The van der Waals surface area contributed by atoms with Gasteiger partial charge in [-0.2, -0.15) is 0 Å². The molecule has 3 N–H and O–H groups in total. The minimum absolute atomic E-state index is 0.0238. The van der Waals surface area contributed by atoms with Crippen LogP contribution in [0.25, 0.3) is 0 Å². The van der Waals surface area contributed by atoms with Gasteiger partial charge in [0.1, 0.15) is 11.6 Å². The van der Waals surface area contributed by atoms with E-state index in [4.69, 9.17) is 17.3 Å². The van der Waals surface area contributed by atoms with Crippen molar-refractivity contribution >= 4 is 23.0 Å². The van der Waals surface area contributed by atoms with Gasteiger partial charge in [0.2, 0.25) is 0 Å². The molecular formula is C15H15ClF2N2. The van der Waals surface area contributed by atoms with E-state index in [-0.39, 0.29) is 16.9 Å². The van der Waals surface area contributed by atoms with Gasteiger partial charge in [-0.3, -0.25) is 0 Å². The molecule has 106 valence electrons. The predicted octanol–water partition coefficient (Wildman–Crippen LogP) is 4.24. The molecule has 2 aromatic carbocycles. The quantitative estimate of drug-likeness (QED) is 0.828. The van der Waals surface area contributed by atoms with Crippen molar-refractivity contribution in [1.82, 2.24) is 0 Å². The average Bonchev–Trinajstić information content (AvgIpc) is 2.39. The number of nitrogens with two attached hydrogens (primary N) is 1. The Morgan fingerprint density at radius 1 is 1.20 bits per heavy atom. The van der Waals surface area contributed by atoms with Gasteiger partial charge in [-0.1, -0.05) is 23.7 Å². The molecule has 1 atom stereocenters. The number of nitrogen functional groups attached to an aromatic ring is 1. The highest BCUT2D eigenvalue weighted by Gasteiger charge is 2.09. The summed E-state index contributed by atoms with van der Waals surface area (Å²) in [6.07, 6.45) is 0.689. The minimum Gasteiger partial charge on any atom is -0.397 e. The van der Waals surface area contributed by atoms with Crippen LogP contribution in [0.15, 0.2) is 36.4 Å². The van der Waals surface area contributed by atoms with Crippen LogP contribution in [-0.2, 0) is 6.42 Å². The van der Waals surface area contributed by atoms with Gasteiger partial charge in [0.25, 0.3) is 0 Å². The number of rotatable bonds is 4. The molecule has 0 fully saturated rings. The Kier molecular flexibility index (Phi) is 4.45. The van der Waals surface area contributed by atoms with Gasteiger partial charge >= 0.3 is 0 Å². The fraction of sp³-hybridized carbons (Fsp3) is 0.200. The van der Waals surface area contributed by atoms with E-state index in [0.29, 0.717) is 17.8 Å². The van der Waals surface area contributed by atoms with Crippen LogP contribution in [0.1, 0.15) is 12.5 Å². The predicted molar refractivity (Wildman–Crippen MR) is 79.0 cm³/mol. The molecule has 0 aliphatic heterocycles. The highest BCUT2D eigenvalue weighted by atomic mass is 35.5. The van der Waals surface area contributed by atoms with E-state index in [1.807, 2.05) is 6.92 Å². The zero-order chi connectivity index (χ0) is 14.7. The van der Waals surface area contributed by atoms with Crippen LogP contribution in [0.2, 0.25) is 5.02 Å². The standard InChI is InChI=1S/C15H15ClF2N2/c1-9(6-10-2-4-11(17)5-3-10)20-15-7-12(16)13(18)8-14(15)19/h2-5,7-9,20H,6,19H2,1H3. The van der Waals surface area contributed by atoms with Crippen LogP contribution in [0, 0.1) is 11.6 Å². The summed E-state index contributed by atoms with van der Waals surface area (Å²) in [6.45, 7) is 1.96. The van der Waals surface area contributed by atoms with Crippen LogP contribution in [-0.4, -0.2) is 6.04 Å². The zero-order valence-corrected chi connectivity index (χ0v) is 11.7. The molecule has 0 saturated heterocycles. The number of benzene rings is 2. The van der Waals surface area contributed by atoms with E-state index < -0.39 is 5.82 Å². The normalized spacial score (nSPS) is 12.2. The molecule has 0 aliphatic rings. The smallest absolute Gasteiger partial charge is 0.143 e. The van der Waals surface area contributed by atoms with Crippen LogP contribution >= 0.6 is 11.6 Å². The minimum atomic E-state index is -0.541. The number of hydrogen-bond acceptors (Lipinski definition) is 2. The lowest BCUT2D eigenvalue weighted by Crippen LogP contribution is -2.19. The molecule has 2 nitrogen and oxygen atoms in total. The fourth-order valence-electron chi connectivity index (χ4n) is 1.98. The van der Waals surface area contributed by atoms with Crippen molar-refractivity contribution in [3.63, 3.8) is 0 Å². The second kappa shape index (κ2) is 6.09. The Bertz CT molecular complexity index is 600. The third-order valence-electron chi connectivity index (χ3n) is 2.95. The van der Waals surface area contributed by atoms with Crippen molar-refractivity contribution in [2.45, 2.75) is 19.4 Å². The monoisotopic (exact) mass is 296 g/mol. The van der Waals surface area contributed by atoms with Crippen LogP contribution < -0.4 is 11.1 Å². The largest absolute Gasteiger partial charge is 0.397 e. The highest BCUT2D eigenvalue weighted by Crippen LogP contribution is 2.27. The van der Waals surface area contributed by atoms with Gasteiger partial charge in [-0.05, 0) is 37.1 Å². The van der Waals surface area contributed by atoms with E-state index in [0.717, 1.165) is 5.56 Å². The molecule has 0 aliphatic carbocycles. The lowest BCUT2D eigenvalue weighted by molar-refractivity contribution is 0.626. The summed E-state index contributed by atoms with van der Waals surface area (Å²) in [5.41, 5.74) is 7.63. The third kappa shape index (κ3) is 3.61. The molecule has 5 heteroatoms. The Morgan fingerprint density at radius 3 is 2.50 bits per heavy atom. The molecule has 0 radical (unpaired) electrons. The van der Waals surface area contributed by atoms with Gasteiger partial charge in [-0.25, -0.2) is 8.78 Å². The van der Waals surface area contributed by atoms with Crippen LogP contribution in [0.3, 0.4) is 0 Å². The third-order valence-corrected chi connectivity index (χ3v) is 3.24. The fourth-order valence-corrected chi connectivity index (χ4v) is 2.14. The maximum atomic E-state index is 13.2. The molecule has 2 rings (SSSR count). The first-order valence-corrected chi connectivity index (χ1v) is 6.59. The van der Waals surface area contributed by atoms with Crippen molar-refractivity contribution in [3.05, 3.63) is 58.6 Å². The maximum absolute atomic E-state index is 13.2.